The average molecular weight is 762 g/mol. The topological polar surface area (TPSA) is 40.6 Å². The standard InChI is InChI=1S/C52H53N6/c1-10-51(8)52(11-2,29-37-21-13-15-25-42(37)57-36(7)55(9)49-44(57)30-53-48(54-49)38-22-14-12-18-33(38)4)41-24-17-23-39-40-28-32(3)26-27-43(40)58-45(31-56(51)50(58)47(39)41)46-34(5)19-16-20-35(46)6/h12-28,30-31,36H,10-11,29H2,1-9H3/q+1. The third kappa shape index (κ3) is 4.81. The molecule has 3 atom stereocenters. The summed E-state index contributed by atoms with van der Waals surface area (Å²) < 4.78 is 5.30. The van der Waals surface area contributed by atoms with E-state index in [9.17, 15) is 0 Å². The van der Waals surface area contributed by atoms with Crippen LogP contribution in [0, 0.1) is 27.7 Å². The van der Waals surface area contributed by atoms with Crippen molar-refractivity contribution in [3.63, 3.8) is 0 Å². The van der Waals surface area contributed by atoms with Crippen LogP contribution in [-0.2, 0) is 17.4 Å². The van der Waals surface area contributed by atoms with Crippen molar-refractivity contribution in [3.05, 3.63) is 149 Å². The van der Waals surface area contributed by atoms with E-state index >= 15 is 0 Å². The van der Waals surface area contributed by atoms with Gasteiger partial charge in [-0.25, -0.2) is 14.5 Å². The molecule has 6 heteroatoms. The molecule has 8 aromatic rings. The van der Waals surface area contributed by atoms with Crippen molar-refractivity contribution in [1.82, 2.24) is 14.4 Å². The van der Waals surface area contributed by atoms with E-state index in [1.165, 1.54) is 77.6 Å². The van der Waals surface area contributed by atoms with Crippen LogP contribution in [0.25, 0.3) is 50.0 Å². The Morgan fingerprint density at radius 3 is 2.24 bits per heavy atom. The number of pyridine rings is 1. The minimum atomic E-state index is -0.258. The van der Waals surface area contributed by atoms with Gasteiger partial charge in [-0.2, -0.15) is 4.40 Å². The highest BCUT2D eigenvalue weighted by molar-refractivity contribution is 6.13. The normalized spacial score (nSPS) is 19.9. The predicted octanol–water partition coefficient (Wildman–Crippen LogP) is 11.9. The summed E-state index contributed by atoms with van der Waals surface area (Å²) in [7, 11) is 2.16. The Labute approximate surface area is 342 Å². The number of imidazole rings is 1. The van der Waals surface area contributed by atoms with E-state index in [1.807, 2.05) is 6.20 Å². The molecule has 10 rings (SSSR count). The van der Waals surface area contributed by atoms with Gasteiger partial charge in [0.05, 0.1) is 11.6 Å². The molecule has 0 fully saturated rings. The number of aromatic nitrogens is 4. The summed E-state index contributed by atoms with van der Waals surface area (Å²) in [5.74, 6) is 1.73. The van der Waals surface area contributed by atoms with Crippen LogP contribution >= 0.6 is 0 Å². The Balaban J connectivity index is 1.21. The molecule has 3 aromatic heterocycles. The van der Waals surface area contributed by atoms with Crippen molar-refractivity contribution >= 4 is 44.5 Å². The second-order valence-corrected chi connectivity index (χ2v) is 17.3. The number of anilines is 3. The lowest BCUT2D eigenvalue weighted by atomic mass is 9.58. The summed E-state index contributed by atoms with van der Waals surface area (Å²) in [6, 6.07) is 38.4. The van der Waals surface area contributed by atoms with Gasteiger partial charge in [0.2, 0.25) is 0 Å². The Morgan fingerprint density at radius 2 is 1.48 bits per heavy atom. The largest absolute Gasteiger partial charge is 0.337 e. The monoisotopic (exact) mass is 761 g/mol. The third-order valence-electron chi connectivity index (χ3n) is 14.4. The molecule has 0 spiro atoms. The van der Waals surface area contributed by atoms with Gasteiger partial charge in [0.15, 0.2) is 17.3 Å². The van der Waals surface area contributed by atoms with Crippen LogP contribution < -0.4 is 14.4 Å². The van der Waals surface area contributed by atoms with Crippen molar-refractivity contribution in [2.75, 3.05) is 16.8 Å². The molecule has 5 heterocycles. The molecule has 0 saturated heterocycles. The highest BCUT2D eigenvalue weighted by atomic mass is 15.4. The Hall–Kier alpha value is -6.01. The van der Waals surface area contributed by atoms with E-state index in [-0.39, 0.29) is 17.1 Å². The molecule has 0 saturated carbocycles. The maximum absolute atomic E-state index is 5.21. The van der Waals surface area contributed by atoms with E-state index in [2.05, 4.69) is 191 Å². The lowest BCUT2D eigenvalue weighted by molar-refractivity contribution is -0.750. The van der Waals surface area contributed by atoms with Crippen molar-refractivity contribution in [1.29, 1.82) is 0 Å². The molecule has 0 N–H and O–H groups in total. The van der Waals surface area contributed by atoms with Crippen LogP contribution in [0.1, 0.15) is 73.9 Å². The quantitative estimate of drug-likeness (QED) is 0.120. The van der Waals surface area contributed by atoms with Crippen LogP contribution in [0.5, 0.6) is 0 Å². The SMILES string of the molecule is CCC1(Cc2ccccc2N2c3cnc(-c4ccccc4C)nc3N(C)C2C)c2cccc3c4cc(C)ccc4n4c(-c5c(C)cccc5C)c[n+](c4c23)C1(C)CC. The maximum Gasteiger partial charge on any atom is 0.296 e. The zero-order valence-electron chi connectivity index (χ0n) is 35.4. The van der Waals surface area contributed by atoms with Gasteiger partial charge in [-0.15, -0.1) is 0 Å². The fraction of sp³-hybridized carbons (Fsp3) is 0.288. The molecule has 0 aliphatic carbocycles. The summed E-state index contributed by atoms with van der Waals surface area (Å²) in [6.07, 6.45) is 7.44. The van der Waals surface area contributed by atoms with E-state index < -0.39 is 0 Å². The molecule has 5 aromatic carbocycles. The molecule has 0 bridgehead atoms. The van der Waals surface area contributed by atoms with E-state index in [0.29, 0.717) is 0 Å². The van der Waals surface area contributed by atoms with E-state index in [1.54, 1.807) is 0 Å². The molecule has 6 nitrogen and oxygen atoms in total. The van der Waals surface area contributed by atoms with E-state index in [4.69, 9.17) is 9.97 Å². The van der Waals surface area contributed by atoms with Crippen LogP contribution in [0.3, 0.4) is 0 Å². The molecule has 0 radical (unpaired) electrons. The first kappa shape index (κ1) is 36.3. The number of para-hydroxylation sites is 1. The molecular weight excluding hydrogens is 709 g/mol. The molecule has 2 aliphatic rings. The van der Waals surface area contributed by atoms with Crippen LogP contribution in [0.4, 0.5) is 17.2 Å². The summed E-state index contributed by atoms with van der Waals surface area (Å²) >= 11 is 0. The second-order valence-electron chi connectivity index (χ2n) is 17.3. The number of fused-ring (bicyclic) bond motifs is 4. The number of hydrogen-bond acceptors (Lipinski definition) is 4. The Kier molecular flexibility index (Phi) is 8.15. The molecular formula is C52H53N6+. The maximum atomic E-state index is 5.21. The van der Waals surface area contributed by atoms with Gasteiger partial charge >= 0.3 is 0 Å². The summed E-state index contributed by atoms with van der Waals surface area (Å²) in [6.45, 7) is 18.5. The number of hydrogen-bond donors (Lipinski definition) is 0. The third-order valence-corrected chi connectivity index (χ3v) is 14.4. The zero-order valence-corrected chi connectivity index (χ0v) is 35.4. The fourth-order valence-corrected chi connectivity index (χ4v) is 11.1. The predicted molar refractivity (Wildman–Crippen MR) is 241 cm³/mol. The number of benzene rings is 5. The highest BCUT2D eigenvalue weighted by Crippen LogP contribution is 2.54. The van der Waals surface area contributed by atoms with Gasteiger partial charge in [0, 0.05) is 40.0 Å². The zero-order chi connectivity index (χ0) is 40.2. The van der Waals surface area contributed by atoms with Crippen molar-refractivity contribution in [2.24, 2.45) is 0 Å². The first-order valence-electron chi connectivity index (χ1n) is 21.1. The smallest absolute Gasteiger partial charge is 0.296 e. The minimum absolute atomic E-state index is 0.0539. The van der Waals surface area contributed by atoms with Crippen LogP contribution in [0.2, 0.25) is 0 Å². The van der Waals surface area contributed by atoms with Gasteiger partial charge in [-0.1, -0.05) is 104 Å². The van der Waals surface area contributed by atoms with Gasteiger partial charge in [-0.3, -0.25) is 0 Å². The van der Waals surface area contributed by atoms with Gasteiger partial charge < -0.3 is 9.80 Å². The average Bonchev–Trinajstić information content (AvgIpc) is 3.74. The number of nitrogens with zero attached hydrogens (tertiary/aromatic N) is 6. The fourth-order valence-electron chi connectivity index (χ4n) is 11.1. The summed E-state index contributed by atoms with van der Waals surface area (Å²) in [5, 5.41) is 4.01. The lowest BCUT2D eigenvalue weighted by Crippen LogP contribution is -2.67. The van der Waals surface area contributed by atoms with Crippen molar-refractivity contribution in [2.45, 2.75) is 91.8 Å². The Morgan fingerprint density at radius 1 is 0.759 bits per heavy atom. The van der Waals surface area contributed by atoms with Gasteiger partial charge in [0.25, 0.3) is 5.65 Å². The molecule has 3 unspecified atom stereocenters. The van der Waals surface area contributed by atoms with E-state index in [0.717, 1.165) is 42.2 Å². The van der Waals surface area contributed by atoms with Crippen LogP contribution in [-0.4, -0.2) is 27.6 Å². The van der Waals surface area contributed by atoms with Crippen LogP contribution in [0.15, 0.2) is 116 Å². The molecule has 0 amide bonds. The van der Waals surface area contributed by atoms with Crippen molar-refractivity contribution < 1.29 is 4.57 Å². The van der Waals surface area contributed by atoms with Gasteiger partial charge in [0.1, 0.15) is 29.1 Å². The first-order chi connectivity index (χ1) is 28.0. The second kappa shape index (κ2) is 13.0. The molecule has 2 aliphatic heterocycles. The first-order valence-corrected chi connectivity index (χ1v) is 21.1. The summed E-state index contributed by atoms with van der Waals surface area (Å²) in [4.78, 5) is 15.0. The molecule has 290 valence electrons. The lowest BCUT2D eigenvalue weighted by Gasteiger charge is -2.49. The number of aryl methyl sites for hydroxylation is 4. The minimum Gasteiger partial charge on any atom is -0.337 e. The highest BCUT2D eigenvalue weighted by Gasteiger charge is 2.57. The van der Waals surface area contributed by atoms with Gasteiger partial charge in [-0.05, 0) is 107 Å². The Bertz CT molecular complexity index is 2960. The molecule has 58 heavy (non-hydrogen) atoms. The summed E-state index contributed by atoms with van der Waals surface area (Å²) in [5.41, 5.74) is 15.8. The number of rotatable bonds is 7. The van der Waals surface area contributed by atoms with Crippen molar-refractivity contribution in [3.8, 4) is 22.6 Å².